The first-order valence-electron chi connectivity index (χ1n) is 9.27. The molecular weight excluding hydrogens is 354 g/mol. The van der Waals surface area contributed by atoms with Crippen molar-refractivity contribution in [1.29, 1.82) is 0 Å². The molecule has 6 nitrogen and oxygen atoms in total. The van der Waals surface area contributed by atoms with Gasteiger partial charge in [-0.05, 0) is 31.5 Å². The highest BCUT2D eigenvalue weighted by molar-refractivity contribution is 5.80. The van der Waals surface area contributed by atoms with Crippen molar-refractivity contribution in [2.45, 2.75) is 46.5 Å². The first-order valence-corrected chi connectivity index (χ1v) is 9.27. The summed E-state index contributed by atoms with van der Waals surface area (Å²) in [6.45, 7) is 10.3. The van der Waals surface area contributed by atoms with Crippen LogP contribution in [0.5, 0.6) is 5.75 Å². The highest BCUT2D eigenvalue weighted by Gasteiger charge is 2.24. The van der Waals surface area contributed by atoms with E-state index in [0.29, 0.717) is 0 Å². The average molecular weight is 381 g/mol. The lowest BCUT2D eigenvalue weighted by atomic mass is 9.93. The summed E-state index contributed by atoms with van der Waals surface area (Å²) in [5.74, 6) is 0.408. The number of esters is 1. The van der Waals surface area contributed by atoms with Crippen molar-refractivity contribution in [1.82, 2.24) is 14.6 Å². The van der Waals surface area contributed by atoms with Crippen LogP contribution in [0.3, 0.4) is 0 Å². The quantitative estimate of drug-likeness (QED) is 0.638. The minimum Gasteiger partial charge on any atom is -0.496 e. The van der Waals surface area contributed by atoms with Crippen LogP contribution in [0.25, 0.3) is 16.9 Å². The number of aromatic nitrogens is 3. The summed E-state index contributed by atoms with van der Waals surface area (Å²) in [7, 11) is 3.04. The Morgan fingerprint density at radius 1 is 1.14 bits per heavy atom. The van der Waals surface area contributed by atoms with E-state index >= 15 is 0 Å². The van der Waals surface area contributed by atoms with Crippen LogP contribution in [-0.2, 0) is 21.4 Å². The zero-order chi connectivity index (χ0) is 20.6. The van der Waals surface area contributed by atoms with Gasteiger partial charge in [0.05, 0.1) is 32.0 Å². The number of methoxy groups -OCH3 is 2. The molecule has 0 saturated carbocycles. The normalized spacial score (nSPS) is 11.7. The average Bonchev–Trinajstić information content (AvgIpc) is 3.06. The number of ether oxygens (including phenoxy) is 2. The Labute approximate surface area is 165 Å². The van der Waals surface area contributed by atoms with Gasteiger partial charge in [0.1, 0.15) is 5.75 Å². The molecule has 0 aliphatic rings. The lowest BCUT2D eigenvalue weighted by molar-refractivity contribution is -0.139. The van der Waals surface area contributed by atoms with Crippen LogP contribution in [0.1, 0.15) is 43.3 Å². The van der Waals surface area contributed by atoms with Crippen molar-refractivity contribution in [2.24, 2.45) is 0 Å². The van der Waals surface area contributed by atoms with Gasteiger partial charge < -0.3 is 9.47 Å². The summed E-state index contributed by atoms with van der Waals surface area (Å²) in [5, 5.41) is 4.84. The Hall–Kier alpha value is -2.89. The van der Waals surface area contributed by atoms with Crippen molar-refractivity contribution >= 4 is 11.6 Å². The fourth-order valence-electron chi connectivity index (χ4n) is 3.22. The molecule has 0 unspecified atom stereocenters. The second-order valence-electron chi connectivity index (χ2n) is 8.03. The van der Waals surface area contributed by atoms with Gasteiger partial charge in [0.2, 0.25) is 0 Å². The zero-order valence-corrected chi connectivity index (χ0v) is 17.6. The molecule has 148 valence electrons. The van der Waals surface area contributed by atoms with E-state index in [0.717, 1.165) is 45.2 Å². The number of carbonyl (C=O) groups excluding carboxylic acids is 1. The van der Waals surface area contributed by atoms with E-state index in [1.165, 1.54) is 7.11 Å². The van der Waals surface area contributed by atoms with Gasteiger partial charge in [-0.3, -0.25) is 4.79 Å². The Bertz CT molecular complexity index is 1050. The van der Waals surface area contributed by atoms with E-state index in [9.17, 15) is 4.79 Å². The van der Waals surface area contributed by atoms with Crippen LogP contribution in [0.4, 0.5) is 0 Å². The largest absolute Gasteiger partial charge is 0.496 e. The number of aryl methyl sites for hydroxylation is 2. The molecule has 0 atom stereocenters. The summed E-state index contributed by atoms with van der Waals surface area (Å²) in [4.78, 5) is 16.8. The maximum absolute atomic E-state index is 12.1. The Balaban J connectivity index is 2.40. The van der Waals surface area contributed by atoms with Crippen molar-refractivity contribution in [3.8, 4) is 17.0 Å². The van der Waals surface area contributed by atoms with Crippen LogP contribution >= 0.6 is 0 Å². The van der Waals surface area contributed by atoms with Crippen LogP contribution < -0.4 is 4.74 Å². The van der Waals surface area contributed by atoms with Gasteiger partial charge >= 0.3 is 5.97 Å². The fourth-order valence-corrected chi connectivity index (χ4v) is 3.22. The minimum absolute atomic E-state index is 0.113. The number of carbonyl (C=O) groups is 1. The van der Waals surface area contributed by atoms with Gasteiger partial charge in [-0.15, -0.1) is 0 Å². The van der Waals surface area contributed by atoms with E-state index in [1.54, 1.807) is 7.11 Å². The van der Waals surface area contributed by atoms with Gasteiger partial charge in [-0.2, -0.15) is 5.10 Å². The Morgan fingerprint density at radius 2 is 1.86 bits per heavy atom. The van der Waals surface area contributed by atoms with Crippen molar-refractivity contribution in [3.63, 3.8) is 0 Å². The second-order valence-corrected chi connectivity index (χ2v) is 8.03. The summed E-state index contributed by atoms with van der Waals surface area (Å²) in [5.41, 5.74) is 5.87. The zero-order valence-electron chi connectivity index (χ0n) is 17.6. The molecule has 3 rings (SSSR count). The van der Waals surface area contributed by atoms with E-state index in [2.05, 4.69) is 20.8 Å². The summed E-state index contributed by atoms with van der Waals surface area (Å²) >= 11 is 0. The molecule has 0 radical (unpaired) electrons. The Kier molecular flexibility index (Phi) is 5.15. The number of hydrogen-bond donors (Lipinski definition) is 0. The molecule has 0 N–H and O–H groups in total. The molecule has 28 heavy (non-hydrogen) atoms. The summed E-state index contributed by atoms with van der Waals surface area (Å²) in [6.07, 6.45) is 0.113. The molecule has 0 fully saturated rings. The maximum atomic E-state index is 12.1. The third-order valence-corrected chi connectivity index (χ3v) is 4.84. The first kappa shape index (κ1) is 19.9. The molecule has 0 bridgehead atoms. The highest BCUT2D eigenvalue weighted by Crippen LogP contribution is 2.35. The molecule has 0 saturated heterocycles. The maximum Gasteiger partial charge on any atom is 0.310 e. The van der Waals surface area contributed by atoms with Crippen LogP contribution in [0.2, 0.25) is 0 Å². The van der Waals surface area contributed by atoms with Crippen LogP contribution in [0.15, 0.2) is 24.3 Å². The standard InChI is InChI=1S/C22H27N3O3/c1-13-8-9-15(17(10-13)27-6)21-16(11-20(26)28-7)14(2)23-19-12-18(22(3,4)5)24-25(19)21/h8-10,12H,11H2,1-7H3. The summed E-state index contributed by atoms with van der Waals surface area (Å²) in [6, 6.07) is 8.00. The van der Waals surface area contributed by atoms with E-state index < -0.39 is 0 Å². The van der Waals surface area contributed by atoms with Crippen molar-refractivity contribution in [2.75, 3.05) is 14.2 Å². The van der Waals surface area contributed by atoms with Gasteiger partial charge in [0.25, 0.3) is 0 Å². The molecule has 2 aromatic heterocycles. The molecule has 0 aliphatic heterocycles. The van der Waals surface area contributed by atoms with Crippen molar-refractivity contribution < 1.29 is 14.3 Å². The first-order chi connectivity index (χ1) is 13.2. The predicted octanol–water partition coefficient (Wildman–Crippen LogP) is 4.03. The number of nitrogens with zero attached hydrogens (tertiary/aromatic N) is 3. The Morgan fingerprint density at radius 3 is 2.46 bits per heavy atom. The predicted molar refractivity (Wildman–Crippen MR) is 109 cm³/mol. The number of benzene rings is 1. The number of fused-ring (bicyclic) bond motifs is 1. The van der Waals surface area contributed by atoms with Gasteiger partial charge in [-0.25, -0.2) is 9.50 Å². The number of rotatable bonds is 4. The molecule has 2 heterocycles. The van der Waals surface area contributed by atoms with Crippen molar-refractivity contribution in [3.05, 3.63) is 46.8 Å². The molecule has 1 aromatic carbocycles. The van der Waals surface area contributed by atoms with E-state index in [4.69, 9.17) is 19.6 Å². The molecule has 6 heteroatoms. The fraction of sp³-hybridized carbons (Fsp3) is 0.409. The monoisotopic (exact) mass is 381 g/mol. The molecule has 0 aliphatic carbocycles. The molecule has 0 spiro atoms. The smallest absolute Gasteiger partial charge is 0.310 e. The van der Waals surface area contributed by atoms with Crippen LogP contribution in [-0.4, -0.2) is 34.8 Å². The topological polar surface area (TPSA) is 65.7 Å². The van der Waals surface area contributed by atoms with E-state index in [1.807, 2.05) is 42.6 Å². The van der Waals surface area contributed by atoms with Gasteiger partial charge in [0, 0.05) is 28.3 Å². The molecular formula is C22H27N3O3. The van der Waals surface area contributed by atoms with Gasteiger partial charge in [0.15, 0.2) is 5.65 Å². The number of hydrogen-bond acceptors (Lipinski definition) is 5. The van der Waals surface area contributed by atoms with Crippen LogP contribution in [0, 0.1) is 13.8 Å². The lowest BCUT2D eigenvalue weighted by Gasteiger charge is -2.17. The third-order valence-electron chi connectivity index (χ3n) is 4.84. The lowest BCUT2D eigenvalue weighted by Crippen LogP contribution is -2.14. The van der Waals surface area contributed by atoms with E-state index in [-0.39, 0.29) is 17.8 Å². The molecule has 3 aromatic rings. The highest BCUT2D eigenvalue weighted by atomic mass is 16.5. The minimum atomic E-state index is -0.320. The molecule has 0 amide bonds. The SMILES string of the molecule is COC(=O)Cc1c(C)nc2cc(C(C)(C)C)nn2c1-c1ccc(C)cc1OC. The van der Waals surface area contributed by atoms with Gasteiger partial charge in [-0.1, -0.05) is 26.8 Å². The third kappa shape index (κ3) is 3.59. The summed E-state index contributed by atoms with van der Waals surface area (Å²) < 4.78 is 12.4. The second kappa shape index (κ2) is 7.26.